The van der Waals surface area contributed by atoms with Crippen LogP contribution in [0.3, 0.4) is 0 Å². The zero-order chi connectivity index (χ0) is 9.84. The van der Waals surface area contributed by atoms with E-state index in [1.165, 1.54) is 5.56 Å². The lowest BCUT2D eigenvalue weighted by atomic mass is 9.99. The lowest BCUT2D eigenvalue weighted by molar-refractivity contribution is 0.886. The molecule has 0 aromatic heterocycles. The van der Waals surface area contributed by atoms with Crippen LogP contribution >= 0.6 is 11.6 Å². The van der Waals surface area contributed by atoms with Crippen molar-refractivity contribution in [3.63, 3.8) is 0 Å². The van der Waals surface area contributed by atoms with Crippen LogP contribution in [0.4, 0.5) is 0 Å². The van der Waals surface area contributed by atoms with E-state index in [-0.39, 0.29) is 6.04 Å². The molecule has 1 rings (SSSR count). The van der Waals surface area contributed by atoms with Crippen LogP contribution in [0.5, 0.6) is 0 Å². The minimum absolute atomic E-state index is 0.117. The summed E-state index contributed by atoms with van der Waals surface area (Å²) in [4.78, 5) is 0. The quantitative estimate of drug-likeness (QED) is 0.738. The Kier molecular flexibility index (Phi) is 3.52. The molecule has 1 atom stereocenters. The van der Waals surface area contributed by atoms with E-state index >= 15 is 0 Å². The Morgan fingerprint density at radius 1 is 1.62 bits per heavy atom. The van der Waals surface area contributed by atoms with Crippen molar-refractivity contribution in [2.75, 3.05) is 0 Å². The molecule has 0 aliphatic carbocycles. The summed E-state index contributed by atoms with van der Waals surface area (Å²) in [6.07, 6.45) is 2.69. The van der Waals surface area contributed by atoms with E-state index in [1.807, 2.05) is 18.2 Å². The Labute approximate surface area is 84.2 Å². The highest BCUT2D eigenvalue weighted by Crippen LogP contribution is 2.22. The summed E-state index contributed by atoms with van der Waals surface area (Å²) in [5, 5.41) is 0.726. The number of aryl methyl sites for hydroxylation is 1. The molecule has 2 heteroatoms. The molecule has 0 unspecified atom stereocenters. The van der Waals surface area contributed by atoms with Gasteiger partial charge in [-0.3, -0.25) is 0 Å². The van der Waals surface area contributed by atoms with Crippen LogP contribution in [0, 0.1) is 0 Å². The van der Waals surface area contributed by atoms with Crippen molar-refractivity contribution in [2.24, 2.45) is 5.73 Å². The molecule has 1 aromatic carbocycles. The summed E-state index contributed by atoms with van der Waals surface area (Å²) >= 11 is 5.88. The van der Waals surface area contributed by atoms with Crippen molar-refractivity contribution in [2.45, 2.75) is 19.4 Å². The van der Waals surface area contributed by atoms with E-state index in [1.54, 1.807) is 6.08 Å². The van der Waals surface area contributed by atoms with Crippen molar-refractivity contribution in [3.8, 4) is 0 Å². The Bertz CT molecular complexity index is 307. The molecule has 0 spiro atoms. The molecule has 0 fully saturated rings. The fourth-order valence-electron chi connectivity index (χ4n) is 1.33. The van der Waals surface area contributed by atoms with Crippen molar-refractivity contribution < 1.29 is 0 Å². The maximum absolute atomic E-state index is 5.88. The third kappa shape index (κ3) is 2.33. The maximum Gasteiger partial charge on any atom is 0.0481 e. The number of rotatable bonds is 3. The molecule has 13 heavy (non-hydrogen) atoms. The van der Waals surface area contributed by atoms with E-state index < -0.39 is 0 Å². The van der Waals surface area contributed by atoms with Gasteiger partial charge in [0.1, 0.15) is 0 Å². The van der Waals surface area contributed by atoms with Crippen molar-refractivity contribution in [1.29, 1.82) is 0 Å². The molecule has 0 saturated carbocycles. The largest absolute Gasteiger partial charge is 0.321 e. The van der Waals surface area contributed by atoms with Gasteiger partial charge in [0.05, 0.1) is 0 Å². The van der Waals surface area contributed by atoms with Crippen LogP contribution in [0.25, 0.3) is 0 Å². The molecule has 0 heterocycles. The summed E-state index contributed by atoms with van der Waals surface area (Å²) in [6.45, 7) is 5.77. The van der Waals surface area contributed by atoms with E-state index in [9.17, 15) is 0 Å². The first kappa shape index (κ1) is 10.3. The molecule has 2 N–H and O–H groups in total. The Balaban J connectivity index is 3.14. The van der Waals surface area contributed by atoms with E-state index in [0.717, 1.165) is 17.0 Å². The molecule has 0 radical (unpaired) electrons. The molecule has 0 aliphatic rings. The summed E-state index contributed by atoms with van der Waals surface area (Å²) in [6, 6.07) is 5.70. The molecule has 0 aliphatic heterocycles. The fraction of sp³-hybridized carbons (Fsp3) is 0.273. The second-order valence-electron chi connectivity index (χ2n) is 2.96. The number of nitrogens with two attached hydrogens (primary N) is 1. The monoisotopic (exact) mass is 195 g/mol. The van der Waals surface area contributed by atoms with Crippen molar-refractivity contribution in [1.82, 2.24) is 0 Å². The lowest BCUT2D eigenvalue weighted by Gasteiger charge is -2.12. The number of hydrogen-bond acceptors (Lipinski definition) is 1. The topological polar surface area (TPSA) is 26.0 Å². The highest BCUT2D eigenvalue weighted by molar-refractivity contribution is 6.30. The Morgan fingerprint density at radius 3 is 2.85 bits per heavy atom. The van der Waals surface area contributed by atoms with Gasteiger partial charge in [-0.25, -0.2) is 0 Å². The van der Waals surface area contributed by atoms with Crippen LogP contribution in [-0.2, 0) is 6.42 Å². The molecule has 0 saturated heterocycles. The fourth-order valence-corrected chi connectivity index (χ4v) is 1.51. The average molecular weight is 196 g/mol. The smallest absolute Gasteiger partial charge is 0.0481 e. The van der Waals surface area contributed by atoms with Crippen LogP contribution < -0.4 is 5.73 Å². The molecule has 70 valence electrons. The molecule has 1 nitrogen and oxygen atoms in total. The standard InChI is InChI=1S/C11H14ClN/c1-3-8-5-6-9(12)7-10(8)11(13)4-2/h4-7,11H,2-3,13H2,1H3/t11-/m0/s1. The highest BCUT2D eigenvalue weighted by Gasteiger charge is 2.06. The second-order valence-corrected chi connectivity index (χ2v) is 3.39. The third-order valence-corrected chi connectivity index (χ3v) is 2.34. The summed E-state index contributed by atoms with van der Waals surface area (Å²) in [5.41, 5.74) is 8.17. The molecule has 0 bridgehead atoms. The first-order chi connectivity index (χ1) is 6.19. The number of benzene rings is 1. The van der Waals surface area contributed by atoms with Gasteiger partial charge in [-0.15, -0.1) is 6.58 Å². The highest BCUT2D eigenvalue weighted by atomic mass is 35.5. The second kappa shape index (κ2) is 4.45. The van der Waals surface area contributed by atoms with Gasteiger partial charge in [-0.05, 0) is 29.7 Å². The molecule has 0 amide bonds. The van der Waals surface area contributed by atoms with Gasteiger partial charge < -0.3 is 5.73 Å². The van der Waals surface area contributed by atoms with Gasteiger partial charge in [0.15, 0.2) is 0 Å². The van der Waals surface area contributed by atoms with Crippen molar-refractivity contribution >= 4 is 11.6 Å². The van der Waals surface area contributed by atoms with E-state index in [0.29, 0.717) is 0 Å². The SMILES string of the molecule is C=C[C@H](N)c1cc(Cl)ccc1CC. The zero-order valence-electron chi connectivity index (χ0n) is 7.76. The predicted octanol–water partition coefficient (Wildman–Crippen LogP) is 3.09. The molecule has 1 aromatic rings. The van der Waals surface area contributed by atoms with Crippen LogP contribution in [0.15, 0.2) is 30.9 Å². The number of halogens is 1. The Morgan fingerprint density at radius 2 is 2.31 bits per heavy atom. The first-order valence-electron chi connectivity index (χ1n) is 4.35. The summed E-state index contributed by atoms with van der Waals surface area (Å²) in [5.74, 6) is 0. The minimum atomic E-state index is -0.117. The van der Waals surface area contributed by atoms with E-state index in [2.05, 4.69) is 13.5 Å². The average Bonchev–Trinajstić information content (AvgIpc) is 2.16. The maximum atomic E-state index is 5.88. The molecular formula is C11H14ClN. The van der Waals surface area contributed by atoms with Gasteiger partial charge in [-0.1, -0.05) is 30.7 Å². The first-order valence-corrected chi connectivity index (χ1v) is 4.73. The summed E-state index contributed by atoms with van der Waals surface area (Å²) in [7, 11) is 0. The van der Waals surface area contributed by atoms with Gasteiger partial charge >= 0.3 is 0 Å². The minimum Gasteiger partial charge on any atom is -0.321 e. The van der Waals surface area contributed by atoms with Crippen LogP contribution in [0.2, 0.25) is 5.02 Å². The van der Waals surface area contributed by atoms with Crippen molar-refractivity contribution in [3.05, 3.63) is 47.0 Å². The number of hydrogen-bond donors (Lipinski definition) is 1. The van der Waals surface area contributed by atoms with E-state index in [4.69, 9.17) is 17.3 Å². The predicted molar refractivity (Wildman–Crippen MR) is 58.0 cm³/mol. The zero-order valence-corrected chi connectivity index (χ0v) is 8.51. The normalized spacial score (nSPS) is 12.5. The summed E-state index contributed by atoms with van der Waals surface area (Å²) < 4.78 is 0. The van der Waals surface area contributed by atoms with Gasteiger partial charge in [-0.2, -0.15) is 0 Å². The molecular weight excluding hydrogens is 182 g/mol. The van der Waals surface area contributed by atoms with Gasteiger partial charge in [0.25, 0.3) is 0 Å². The van der Waals surface area contributed by atoms with Gasteiger partial charge in [0.2, 0.25) is 0 Å². The van der Waals surface area contributed by atoms with Crippen LogP contribution in [0.1, 0.15) is 24.1 Å². The third-order valence-electron chi connectivity index (χ3n) is 2.10. The van der Waals surface area contributed by atoms with Gasteiger partial charge in [0, 0.05) is 11.1 Å². The Hall–Kier alpha value is -0.790. The van der Waals surface area contributed by atoms with Crippen LogP contribution in [-0.4, -0.2) is 0 Å². The lowest BCUT2D eigenvalue weighted by Crippen LogP contribution is -2.09.